The van der Waals surface area contributed by atoms with Crippen molar-refractivity contribution in [2.24, 2.45) is 5.41 Å². The summed E-state index contributed by atoms with van der Waals surface area (Å²) in [5.41, 5.74) is 1.65. The van der Waals surface area contributed by atoms with Gasteiger partial charge in [-0.15, -0.1) is 0 Å². The fourth-order valence-electron chi connectivity index (χ4n) is 2.28. The molecule has 0 amide bonds. The van der Waals surface area contributed by atoms with Crippen molar-refractivity contribution >= 4 is 0 Å². The zero-order chi connectivity index (χ0) is 13.6. The van der Waals surface area contributed by atoms with E-state index in [9.17, 15) is 0 Å². The van der Waals surface area contributed by atoms with Crippen LogP contribution >= 0.6 is 0 Å². The van der Waals surface area contributed by atoms with E-state index in [-0.39, 0.29) is 0 Å². The number of rotatable bonds is 6. The normalized spacial score (nSPS) is 13.4. The molecule has 1 unspecified atom stereocenters. The minimum atomic E-state index is 0.298. The maximum Gasteiger partial charge on any atom is 0.119 e. The van der Waals surface area contributed by atoms with Gasteiger partial charge in [0.1, 0.15) is 5.75 Å². The van der Waals surface area contributed by atoms with Crippen LogP contribution in [0.2, 0.25) is 0 Å². The largest absolute Gasteiger partial charge is 0.494 e. The van der Waals surface area contributed by atoms with Crippen LogP contribution in [0.25, 0.3) is 0 Å². The van der Waals surface area contributed by atoms with Crippen LogP contribution in [0.15, 0.2) is 24.3 Å². The van der Waals surface area contributed by atoms with Crippen molar-refractivity contribution in [3.8, 4) is 5.75 Å². The van der Waals surface area contributed by atoms with Crippen LogP contribution in [0.5, 0.6) is 5.75 Å². The second kappa shape index (κ2) is 6.79. The summed E-state index contributed by atoms with van der Waals surface area (Å²) in [6, 6.07) is 8.96. The van der Waals surface area contributed by atoms with E-state index in [0.717, 1.165) is 25.2 Å². The molecule has 1 atom stereocenters. The predicted molar refractivity (Wildman–Crippen MR) is 78.2 cm³/mol. The fourth-order valence-corrected chi connectivity index (χ4v) is 2.28. The van der Waals surface area contributed by atoms with Crippen LogP contribution in [-0.4, -0.2) is 19.7 Å². The molecule has 18 heavy (non-hydrogen) atoms. The first kappa shape index (κ1) is 15.0. The van der Waals surface area contributed by atoms with E-state index >= 15 is 0 Å². The van der Waals surface area contributed by atoms with Crippen molar-refractivity contribution in [2.75, 3.05) is 13.7 Å². The molecule has 1 rings (SSSR count). The lowest BCUT2D eigenvalue weighted by molar-refractivity contribution is 0.268. The minimum Gasteiger partial charge on any atom is -0.494 e. The summed E-state index contributed by atoms with van der Waals surface area (Å²) in [6.45, 7) is 9.59. The van der Waals surface area contributed by atoms with E-state index in [4.69, 9.17) is 4.74 Å². The number of aryl methyl sites for hydroxylation is 1. The molecule has 0 aliphatic rings. The number of hydrogen-bond donors (Lipinski definition) is 1. The Morgan fingerprint density at radius 2 is 2.00 bits per heavy atom. The number of hydrogen-bond acceptors (Lipinski definition) is 2. The smallest absolute Gasteiger partial charge is 0.119 e. The number of benzene rings is 1. The van der Waals surface area contributed by atoms with Crippen molar-refractivity contribution in [2.45, 2.75) is 46.6 Å². The van der Waals surface area contributed by atoms with Gasteiger partial charge in [0.25, 0.3) is 0 Å². The average molecular weight is 249 g/mol. The van der Waals surface area contributed by atoms with Gasteiger partial charge >= 0.3 is 0 Å². The van der Waals surface area contributed by atoms with E-state index in [1.807, 2.05) is 20.0 Å². The molecule has 0 aliphatic heterocycles. The molecule has 102 valence electrons. The Morgan fingerprint density at radius 3 is 2.56 bits per heavy atom. The van der Waals surface area contributed by atoms with Crippen LogP contribution in [-0.2, 0) is 6.42 Å². The Bertz CT molecular complexity index is 354. The Labute approximate surface area is 112 Å². The molecule has 0 fully saturated rings. The van der Waals surface area contributed by atoms with E-state index in [1.165, 1.54) is 5.56 Å². The maximum atomic E-state index is 5.53. The zero-order valence-electron chi connectivity index (χ0n) is 12.4. The number of nitrogens with one attached hydrogen (secondary N) is 1. The molecule has 2 heteroatoms. The highest BCUT2D eigenvalue weighted by Gasteiger charge is 2.22. The van der Waals surface area contributed by atoms with Gasteiger partial charge in [-0.05, 0) is 49.9 Å². The third kappa shape index (κ3) is 4.69. The maximum absolute atomic E-state index is 5.53. The second-order valence-corrected chi connectivity index (χ2v) is 5.83. The van der Waals surface area contributed by atoms with Gasteiger partial charge in [0, 0.05) is 6.04 Å². The van der Waals surface area contributed by atoms with Gasteiger partial charge in [-0.25, -0.2) is 0 Å². The van der Waals surface area contributed by atoms with Crippen LogP contribution in [0.4, 0.5) is 0 Å². The molecule has 0 heterocycles. The van der Waals surface area contributed by atoms with E-state index in [0.29, 0.717) is 11.5 Å². The Kier molecular flexibility index (Phi) is 5.67. The third-order valence-corrected chi connectivity index (χ3v) is 3.32. The lowest BCUT2D eigenvalue weighted by Crippen LogP contribution is -2.38. The first-order valence-electron chi connectivity index (χ1n) is 6.86. The lowest BCUT2D eigenvalue weighted by Gasteiger charge is -2.30. The number of ether oxygens (including phenoxy) is 1. The Hall–Kier alpha value is -1.02. The molecule has 0 aliphatic carbocycles. The van der Waals surface area contributed by atoms with Crippen molar-refractivity contribution in [3.63, 3.8) is 0 Å². The molecule has 0 saturated heterocycles. The standard InChI is InChI=1S/C16H27NO/c1-6-18-14-9-7-8-13(12-14)10-11-15(17-5)16(2,3)4/h7-9,12,15,17H,6,10-11H2,1-5H3. The lowest BCUT2D eigenvalue weighted by atomic mass is 9.83. The van der Waals surface area contributed by atoms with Gasteiger partial charge in [0.2, 0.25) is 0 Å². The van der Waals surface area contributed by atoms with Gasteiger partial charge in [0.05, 0.1) is 6.61 Å². The van der Waals surface area contributed by atoms with E-state index in [1.54, 1.807) is 0 Å². The van der Waals surface area contributed by atoms with Crippen LogP contribution < -0.4 is 10.1 Å². The highest BCUT2D eigenvalue weighted by Crippen LogP contribution is 2.23. The molecule has 2 nitrogen and oxygen atoms in total. The summed E-state index contributed by atoms with van der Waals surface area (Å²) in [5, 5.41) is 3.42. The second-order valence-electron chi connectivity index (χ2n) is 5.83. The summed E-state index contributed by atoms with van der Waals surface area (Å²) in [4.78, 5) is 0. The molecule has 1 aromatic carbocycles. The molecule has 1 aromatic rings. The van der Waals surface area contributed by atoms with Crippen LogP contribution in [0.1, 0.15) is 39.7 Å². The molecule has 1 N–H and O–H groups in total. The van der Waals surface area contributed by atoms with E-state index in [2.05, 4.69) is 44.3 Å². The monoisotopic (exact) mass is 249 g/mol. The molecule has 0 aromatic heterocycles. The molecule has 0 radical (unpaired) electrons. The Balaban J connectivity index is 2.59. The highest BCUT2D eigenvalue weighted by atomic mass is 16.5. The predicted octanol–water partition coefficient (Wildman–Crippen LogP) is 3.65. The molecular weight excluding hydrogens is 222 g/mol. The third-order valence-electron chi connectivity index (χ3n) is 3.32. The highest BCUT2D eigenvalue weighted by molar-refractivity contribution is 5.28. The molecule has 0 spiro atoms. The summed E-state index contributed by atoms with van der Waals surface area (Å²) in [6.07, 6.45) is 2.24. The van der Waals surface area contributed by atoms with Gasteiger partial charge in [-0.1, -0.05) is 32.9 Å². The van der Waals surface area contributed by atoms with E-state index < -0.39 is 0 Å². The summed E-state index contributed by atoms with van der Waals surface area (Å²) in [5.74, 6) is 0.978. The topological polar surface area (TPSA) is 21.3 Å². The zero-order valence-corrected chi connectivity index (χ0v) is 12.4. The summed E-state index contributed by atoms with van der Waals surface area (Å²) in [7, 11) is 2.05. The minimum absolute atomic E-state index is 0.298. The van der Waals surface area contributed by atoms with Crippen molar-refractivity contribution in [1.82, 2.24) is 5.32 Å². The first-order chi connectivity index (χ1) is 8.47. The van der Waals surface area contributed by atoms with Gasteiger partial charge in [-0.3, -0.25) is 0 Å². The summed E-state index contributed by atoms with van der Waals surface area (Å²) >= 11 is 0. The van der Waals surface area contributed by atoms with Gasteiger partial charge < -0.3 is 10.1 Å². The SMILES string of the molecule is CCOc1cccc(CCC(NC)C(C)(C)C)c1. The van der Waals surface area contributed by atoms with Gasteiger partial charge in [-0.2, -0.15) is 0 Å². The first-order valence-corrected chi connectivity index (χ1v) is 6.86. The van der Waals surface area contributed by atoms with Crippen molar-refractivity contribution < 1.29 is 4.74 Å². The van der Waals surface area contributed by atoms with Crippen molar-refractivity contribution in [3.05, 3.63) is 29.8 Å². The quantitative estimate of drug-likeness (QED) is 0.831. The molecular formula is C16H27NO. The average Bonchev–Trinajstić information content (AvgIpc) is 2.29. The van der Waals surface area contributed by atoms with Crippen LogP contribution in [0, 0.1) is 5.41 Å². The molecule has 0 saturated carbocycles. The van der Waals surface area contributed by atoms with Gasteiger partial charge in [0.15, 0.2) is 0 Å². The Morgan fingerprint density at radius 1 is 1.28 bits per heavy atom. The molecule has 0 bridgehead atoms. The van der Waals surface area contributed by atoms with Crippen molar-refractivity contribution in [1.29, 1.82) is 0 Å². The fraction of sp³-hybridized carbons (Fsp3) is 0.625. The summed E-state index contributed by atoms with van der Waals surface area (Å²) < 4.78 is 5.53. The van der Waals surface area contributed by atoms with Crippen LogP contribution in [0.3, 0.4) is 0 Å².